The molecule has 0 fully saturated rings. The molecule has 0 spiro atoms. The Kier molecular flexibility index (Phi) is 5.03. The molecule has 0 aliphatic heterocycles. The van der Waals surface area contributed by atoms with E-state index in [4.69, 9.17) is 14.4 Å². The normalized spacial score (nSPS) is 11.1. The van der Waals surface area contributed by atoms with E-state index in [9.17, 15) is 4.79 Å². The second kappa shape index (κ2) is 7.79. The molecule has 4 rings (SSSR count). The third-order valence-corrected chi connectivity index (χ3v) is 4.79. The molecular weight excluding hydrogens is 370 g/mol. The fraction of sp³-hybridized carbons (Fsp3) is 0.227. The largest absolute Gasteiger partial charge is 0.492 e. The monoisotopic (exact) mass is 391 g/mol. The predicted octanol–water partition coefficient (Wildman–Crippen LogP) is 4.01. The molecule has 0 bridgehead atoms. The van der Waals surface area contributed by atoms with Crippen LogP contribution in [0, 0.1) is 13.8 Å². The summed E-state index contributed by atoms with van der Waals surface area (Å²) in [6, 6.07) is 12.0. The zero-order valence-electron chi connectivity index (χ0n) is 16.3. The Morgan fingerprint density at radius 1 is 1.24 bits per heavy atom. The second-order valence-corrected chi connectivity index (χ2v) is 6.92. The van der Waals surface area contributed by atoms with Crippen molar-refractivity contribution in [2.75, 3.05) is 6.61 Å². The van der Waals surface area contributed by atoms with Crippen molar-refractivity contribution in [3.05, 3.63) is 65.8 Å². The van der Waals surface area contributed by atoms with Gasteiger partial charge < -0.3 is 18.9 Å². The lowest BCUT2D eigenvalue weighted by molar-refractivity contribution is -0.137. The van der Waals surface area contributed by atoms with E-state index in [-0.39, 0.29) is 6.54 Å². The molecule has 0 unspecified atom stereocenters. The molecule has 0 atom stereocenters. The predicted molar refractivity (Wildman–Crippen MR) is 108 cm³/mol. The summed E-state index contributed by atoms with van der Waals surface area (Å²) in [5, 5.41) is 13.8. The number of carbonyl (C=O) groups is 1. The van der Waals surface area contributed by atoms with Crippen molar-refractivity contribution < 1.29 is 19.2 Å². The van der Waals surface area contributed by atoms with Crippen LogP contribution in [0.15, 0.2) is 53.3 Å². The quantitative estimate of drug-likeness (QED) is 0.512. The minimum Gasteiger partial charge on any atom is -0.492 e. The average Bonchev–Trinajstić information content (AvgIpc) is 3.24. The number of hydrogen-bond donors (Lipinski definition) is 1. The number of benzene rings is 1. The lowest BCUT2D eigenvalue weighted by Gasteiger charge is -2.08. The fourth-order valence-corrected chi connectivity index (χ4v) is 3.47. The van der Waals surface area contributed by atoms with Gasteiger partial charge in [-0.25, -0.2) is 4.98 Å². The molecule has 1 aromatic carbocycles. The van der Waals surface area contributed by atoms with Gasteiger partial charge >= 0.3 is 5.97 Å². The fourth-order valence-electron chi connectivity index (χ4n) is 3.47. The number of carboxylic acids is 1. The van der Waals surface area contributed by atoms with Crippen molar-refractivity contribution >= 4 is 17.0 Å². The highest BCUT2D eigenvalue weighted by molar-refractivity contribution is 5.79. The summed E-state index contributed by atoms with van der Waals surface area (Å²) in [4.78, 5) is 15.3. The van der Waals surface area contributed by atoms with Crippen LogP contribution in [0.5, 0.6) is 5.75 Å². The van der Waals surface area contributed by atoms with Crippen molar-refractivity contribution in [3.8, 4) is 16.9 Å². The van der Waals surface area contributed by atoms with Gasteiger partial charge in [0.05, 0.1) is 18.5 Å². The molecule has 3 heterocycles. The van der Waals surface area contributed by atoms with Gasteiger partial charge in [0.1, 0.15) is 23.7 Å². The number of nitrogens with zero attached hydrogens (tertiary/aromatic N) is 3. The molecule has 0 aliphatic rings. The molecule has 1 N–H and O–H groups in total. The molecule has 0 saturated carbocycles. The average molecular weight is 391 g/mol. The minimum atomic E-state index is -0.900. The van der Waals surface area contributed by atoms with E-state index in [0.717, 1.165) is 40.0 Å². The molecule has 0 amide bonds. The van der Waals surface area contributed by atoms with E-state index in [2.05, 4.69) is 28.3 Å². The number of aryl methyl sites for hydroxylation is 2. The zero-order chi connectivity index (χ0) is 20.4. The van der Waals surface area contributed by atoms with Gasteiger partial charge in [0, 0.05) is 23.6 Å². The Hall–Kier alpha value is -3.61. The number of aliphatic carboxylic acids is 1. The molecule has 4 aromatic rings. The van der Waals surface area contributed by atoms with Gasteiger partial charge in [0.15, 0.2) is 0 Å². The molecule has 148 valence electrons. The first-order valence-corrected chi connectivity index (χ1v) is 9.33. The third-order valence-electron chi connectivity index (χ3n) is 4.79. The number of pyridine rings is 1. The van der Waals surface area contributed by atoms with E-state index >= 15 is 0 Å². The number of hydrogen-bond acceptors (Lipinski definition) is 5. The molecule has 7 nitrogen and oxygen atoms in total. The van der Waals surface area contributed by atoms with Crippen LogP contribution >= 0.6 is 0 Å². The van der Waals surface area contributed by atoms with Gasteiger partial charge in [0.25, 0.3) is 0 Å². The molecular formula is C22H21N3O4. The summed E-state index contributed by atoms with van der Waals surface area (Å²) < 4.78 is 12.7. The lowest BCUT2D eigenvalue weighted by atomic mass is 10.0. The Labute approximate surface area is 167 Å². The number of rotatable bonds is 7. The van der Waals surface area contributed by atoms with Crippen LogP contribution in [0.1, 0.15) is 17.0 Å². The summed E-state index contributed by atoms with van der Waals surface area (Å²) in [5.41, 5.74) is 4.79. The van der Waals surface area contributed by atoms with Gasteiger partial charge in [-0.2, -0.15) is 0 Å². The van der Waals surface area contributed by atoms with E-state index in [1.54, 1.807) is 17.0 Å². The summed E-state index contributed by atoms with van der Waals surface area (Å²) in [7, 11) is 0. The highest BCUT2D eigenvalue weighted by Gasteiger charge is 2.12. The standard InChI is InChI=1S/C22H21N3O4/c1-14-21(15(2)29-24-14)17-5-3-4-16(10-17)7-9-28-19-11-18-6-8-25(13-20(26)27)22(18)23-12-19/h3-6,8,10-12H,7,9,13H2,1-2H3,(H,26,27). The van der Waals surface area contributed by atoms with Gasteiger partial charge in [-0.05, 0) is 37.1 Å². The van der Waals surface area contributed by atoms with Gasteiger partial charge in [-0.1, -0.05) is 29.4 Å². The summed E-state index contributed by atoms with van der Waals surface area (Å²) >= 11 is 0. The van der Waals surface area contributed by atoms with Crippen molar-refractivity contribution in [2.45, 2.75) is 26.8 Å². The molecule has 0 aliphatic carbocycles. The smallest absolute Gasteiger partial charge is 0.323 e. The Morgan fingerprint density at radius 3 is 2.86 bits per heavy atom. The van der Waals surface area contributed by atoms with Crippen LogP contribution in [-0.4, -0.2) is 32.4 Å². The van der Waals surface area contributed by atoms with Crippen LogP contribution in [0.4, 0.5) is 0 Å². The molecule has 3 aromatic heterocycles. The Morgan fingerprint density at radius 2 is 2.10 bits per heavy atom. The number of carboxylic acid groups (broad SMARTS) is 1. The first kappa shape index (κ1) is 18.7. The molecule has 29 heavy (non-hydrogen) atoms. The Balaban J connectivity index is 1.43. The maximum Gasteiger partial charge on any atom is 0.323 e. The lowest BCUT2D eigenvalue weighted by Crippen LogP contribution is -2.08. The van der Waals surface area contributed by atoms with Crippen LogP contribution in [0.25, 0.3) is 22.2 Å². The van der Waals surface area contributed by atoms with Crippen LogP contribution in [0.2, 0.25) is 0 Å². The van der Waals surface area contributed by atoms with E-state index in [1.807, 2.05) is 32.0 Å². The van der Waals surface area contributed by atoms with Crippen molar-refractivity contribution in [2.24, 2.45) is 0 Å². The summed E-state index contributed by atoms with van der Waals surface area (Å²) in [6.45, 7) is 4.25. The van der Waals surface area contributed by atoms with Crippen molar-refractivity contribution in [1.29, 1.82) is 0 Å². The molecule has 0 saturated heterocycles. The van der Waals surface area contributed by atoms with E-state index in [0.29, 0.717) is 18.0 Å². The van der Waals surface area contributed by atoms with Crippen LogP contribution in [-0.2, 0) is 17.8 Å². The SMILES string of the molecule is Cc1noc(C)c1-c1cccc(CCOc2cnc3c(ccn3CC(=O)O)c2)c1. The topological polar surface area (TPSA) is 90.4 Å². The van der Waals surface area contributed by atoms with Gasteiger partial charge in [-0.15, -0.1) is 0 Å². The maximum atomic E-state index is 10.9. The zero-order valence-corrected chi connectivity index (χ0v) is 16.3. The first-order valence-electron chi connectivity index (χ1n) is 9.33. The van der Waals surface area contributed by atoms with Gasteiger partial charge in [-0.3, -0.25) is 4.79 Å². The van der Waals surface area contributed by atoms with Crippen molar-refractivity contribution in [1.82, 2.24) is 14.7 Å². The Bertz CT molecular complexity index is 1160. The summed E-state index contributed by atoms with van der Waals surface area (Å²) in [6.07, 6.45) is 4.09. The van der Waals surface area contributed by atoms with E-state index < -0.39 is 5.97 Å². The van der Waals surface area contributed by atoms with Crippen LogP contribution in [0.3, 0.4) is 0 Å². The first-order chi connectivity index (χ1) is 14.0. The number of aromatic nitrogens is 3. The molecule has 7 heteroatoms. The van der Waals surface area contributed by atoms with E-state index in [1.165, 1.54) is 0 Å². The highest BCUT2D eigenvalue weighted by Crippen LogP contribution is 2.27. The number of ether oxygens (including phenoxy) is 1. The minimum absolute atomic E-state index is 0.113. The summed E-state index contributed by atoms with van der Waals surface area (Å²) in [5.74, 6) is 0.570. The highest BCUT2D eigenvalue weighted by atomic mass is 16.5. The number of fused-ring (bicyclic) bond motifs is 1. The maximum absolute atomic E-state index is 10.9. The van der Waals surface area contributed by atoms with Crippen molar-refractivity contribution in [3.63, 3.8) is 0 Å². The third kappa shape index (κ3) is 3.99. The van der Waals surface area contributed by atoms with Crippen LogP contribution < -0.4 is 4.74 Å². The second-order valence-electron chi connectivity index (χ2n) is 6.92. The molecule has 0 radical (unpaired) electrons. The van der Waals surface area contributed by atoms with Gasteiger partial charge in [0.2, 0.25) is 0 Å².